The number of carbonyl (C=O) groups is 1. The number of fused-ring (bicyclic) bond motifs is 1. The maximum Gasteiger partial charge on any atom is 0.162 e. The van der Waals surface area contributed by atoms with Gasteiger partial charge in [-0.3, -0.25) is 4.79 Å². The van der Waals surface area contributed by atoms with Crippen molar-refractivity contribution in [2.45, 2.75) is 20.0 Å². The fourth-order valence-corrected chi connectivity index (χ4v) is 4.40. The Morgan fingerprint density at radius 2 is 1.97 bits per heavy atom. The molecule has 7 heteroatoms. The Balaban J connectivity index is 1.63. The molecular formula is C24H23ClN4O2. The van der Waals surface area contributed by atoms with Crippen molar-refractivity contribution >= 4 is 28.4 Å². The summed E-state index contributed by atoms with van der Waals surface area (Å²) in [6, 6.07) is 13.7. The highest BCUT2D eigenvalue weighted by Crippen LogP contribution is 2.37. The van der Waals surface area contributed by atoms with Gasteiger partial charge in [-0.25, -0.2) is 4.98 Å². The van der Waals surface area contributed by atoms with E-state index in [2.05, 4.69) is 27.4 Å². The van der Waals surface area contributed by atoms with E-state index in [4.69, 9.17) is 21.3 Å². The van der Waals surface area contributed by atoms with Crippen molar-refractivity contribution in [1.29, 1.82) is 0 Å². The summed E-state index contributed by atoms with van der Waals surface area (Å²) in [5, 5.41) is 4.01. The van der Waals surface area contributed by atoms with Crippen LogP contribution in [0.4, 0.5) is 0 Å². The Hall–Kier alpha value is -2.93. The van der Waals surface area contributed by atoms with Gasteiger partial charge in [0.25, 0.3) is 0 Å². The zero-order valence-electron chi connectivity index (χ0n) is 17.4. The zero-order valence-corrected chi connectivity index (χ0v) is 18.1. The van der Waals surface area contributed by atoms with Gasteiger partial charge in [0.15, 0.2) is 11.6 Å². The molecule has 158 valence electrons. The SMILES string of the molecule is CC(=O)c1c(C)[nH]c(-c2nc3ccc(C4CNCCO4)cc3[nH]2)c1-c1ccc(Cl)cc1. The summed E-state index contributed by atoms with van der Waals surface area (Å²) in [4.78, 5) is 24.1. The van der Waals surface area contributed by atoms with Crippen LogP contribution >= 0.6 is 11.6 Å². The molecule has 1 aliphatic rings. The van der Waals surface area contributed by atoms with E-state index in [1.807, 2.05) is 37.3 Å². The lowest BCUT2D eigenvalue weighted by Gasteiger charge is -2.23. The third-order valence-electron chi connectivity index (χ3n) is 5.71. The van der Waals surface area contributed by atoms with Gasteiger partial charge in [-0.2, -0.15) is 0 Å². The van der Waals surface area contributed by atoms with Gasteiger partial charge in [-0.15, -0.1) is 0 Å². The minimum Gasteiger partial charge on any atom is -0.371 e. The molecule has 31 heavy (non-hydrogen) atoms. The van der Waals surface area contributed by atoms with Gasteiger partial charge in [0.2, 0.25) is 0 Å². The van der Waals surface area contributed by atoms with Crippen molar-refractivity contribution in [3.05, 3.63) is 64.3 Å². The molecule has 2 aromatic carbocycles. The maximum atomic E-state index is 12.5. The lowest BCUT2D eigenvalue weighted by Crippen LogP contribution is -2.33. The molecule has 0 amide bonds. The summed E-state index contributed by atoms with van der Waals surface area (Å²) < 4.78 is 5.89. The molecule has 1 unspecified atom stereocenters. The van der Waals surface area contributed by atoms with Crippen molar-refractivity contribution in [1.82, 2.24) is 20.3 Å². The van der Waals surface area contributed by atoms with Gasteiger partial charge in [-0.1, -0.05) is 29.8 Å². The number of nitrogens with zero attached hydrogens (tertiary/aromatic N) is 1. The predicted molar refractivity (Wildman–Crippen MR) is 123 cm³/mol. The third-order valence-corrected chi connectivity index (χ3v) is 5.97. The van der Waals surface area contributed by atoms with Crippen LogP contribution in [0.1, 0.15) is 34.6 Å². The first kappa shape index (κ1) is 20.0. The fourth-order valence-electron chi connectivity index (χ4n) is 4.27. The number of H-pyrrole nitrogens is 2. The number of morpholine rings is 1. The number of Topliss-reactive ketones (excluding diaryl/α,β-unsaturated/α-hetero) is 1. The average molecular weight is 435 g/mol. The molecule has 4 aromatic rings. The Morgan fingerprint density at radius 3 is 2.68 bits per heavy atom. The summed E-state index contributed by atoms with van der Waals surface area (Å²) in [6.45, 7) is 5.88. The number of ketones is 1. The standard InChI is InChI=1S/C24H23ClN4O2/c1-13-21(14(2)30)22(15-3-6-17(25)7-4-15)23(27-13)24-28-18-8-5-16(11-19(18)29-24)20-12-26-9-10-31-20/h3-8,11,20,26-27H,9-10,12H2,1-2H3,(H,28,29). The lowest BCUT2D eigenvalue weighted by atomic mass is 9.98. The second-order valence-electron chi connectivity index (χ2n) is 7.86. The zero-order chi connectivity index (χ0) is 21.5. The van der Waals surface area contributed by atoms with Crippen LogP contribution in [0.5, 0.6) is 0 Å². The van der Waals surface area contributed by atoms with Gasteiger partial charge in [0.1, 0.15) is 0 Å². The lowest BCUT2D eigenvalue weighted by molar-refractivity contribution is 0.0278. The smallest absolute Gasteiger partial charge is 0.162 e. The van der Waals surface area contributed by atoms with E-state index in [9.17, 15) is 4.79 Å². The molecule has 1 saturated heterocycles. The van der Waals surface area contributed by atoms with Gasteiger partial charge in [-0.05, 0) is 49.2 Å². The predicted octanol–water partition coefficient (Wildman–Crippen LogP) is 5.05. The number of rotatable bonds is 4. The van der Waals surface area contributed by atoms with E-state index in [1.165, 1.54) is 0 Å². The highest BCUT2D eigenvalue weighted by Gasteiger charge is 2.23. The van der Waals surface area contributed by atoms with E-state index < -0.39 is 0 Å². The minimum absolute atomic E-state index is 0.00490. The molecule has 5 rings (SSSR count). The summed E-state index contributed by atoms with van der Waals surface area (Å²) in [6.07, 6.45) is 0.0339. The number of nitrogens with one attached hydrogen (secondary N) is 3. The van der Waals surface area contributed by atoms with E-state index in [1.54, 1.807) is 6.92 Å². The molecular weight excluding hydrogens is 412 g/mol. The molecule has 3 N–H and O–H groups in total. The average Bonchev–Trinajstić information content (AvgIpc) is 3.35. The van der Waals surface area contributed by atoms with E-state index in [0.29, 0.717) is 23.0 Å². The van der Waals surface area contributed by atoms with Gasteiger partial charge in [0, 0.05) is 34.9 Å². The van der Waals surface area contributed by atoms with Crippen molar-refractivity contribution in [2.75, 3.05) is 19.7 Å². The van der Waals surface area contributed by atoms with Gasteiger partial charge in [0.05, 0.1) is 29.4 Å². The summed E-state index contributed by atoms with van der Waals surface area (Å²) in [5.41, 5.74) is 6.92. The first-order valence-electron chi connectivity index (χ1n) is 10.3. The number of benzene rings is 2. The normalized spacial score (nSPS) is 16.7. The topological polar surface area (TPSA) is 82.8 Å². The third kappa shape index (κ3) is 3.67. The Morgan fingerprint density at radius 1 is 1.16 bits per heavy atom. The number of ether oxygens (including phenoxy) is 1. The highest BCUT2D eigenvalue weighted by atomic mass is 35.5. The molecule has 1 fully saturated rings. The molecule has 0 radical (unpaired) electrons. The van der Waals surface area contributed by atoms with Gasteiger partial charge < -0.3 is 20.0 Å². The van der Waals surface area contributed by atoms with Crippen LogP contribution in [0.2, 0.25) is 5.02 Å². The molecule has 0 bridgehead atoms. The maximum absolute atomic E-state index is 12.5. The largest absolute Gasteiger partial charge is 0.371 e. The van der Waals surface area contributed by atoms with Crippen LogP contribution in [0.15, 0.2) is 42.5 Å². The molecule has 1 aliphatic heterocycles. The monoisotopic (exact) mass is 434 g/mol. The Labute approximate surface area is 185 Å². The number of aromatic nitrogens is 3. The summed E-state index contributed by atoms with van der Waals surface area (Å²) in [5.74, 6) is 0.695. The van der Waals surface area contributed by atoms with Crippen LogP contribution in [0.3, 0.4) is 0 Å². The van der Waals surface area contributed by atoms with Crippen LogP contribution in [-0.4, -0.2) is 40.4 Å². The first-order valence-corrected chi connectivity index (χ1v) is 10.7. The molecule has 0 aliphatic carbocycles. The van der Waals surface area contributed by atoms with Crippen LogP contribution in [0.25, 0.3) is 33.7 Å². The fraction of sp³-hybridized carbons (Fsp3) is 0.250. The van der Waals surface area contributed by atoms with E-state index in [-0.39, 0.29) is 11.9 Å². The second-order valence-corrected chi connectivity index (χ2v) is 8.30. The number of aryl methyl sites for hydroxylation is 1. The van der Waals surface area contributed by atoms with E-state index >= 15 is 0 Å². The molecule has 1 atom stereocenters. The summed E-state index contributed by atoms with van der Waals surface area (Å²) >= 11 is 6.09. The number of hydrogen-bond acceptors (Lipinski definition) is 4. The summed E-state index contributed by atoms with van der Waals surface area (Å²) in [7, 11) is 0. The number of imidazole rings is 1. The first-order chi connectivity index (χ1) is 15.0. The minimum atomic E-state index is 0.00490. The second kappa shape index (κ2) is 7.96. The van der Waals surface area contributed by atoms with Crippen LogP contribution < -0.4 is 5.32 Å². The molecule has 0 spiro atoms. The molecule has 2 aromatic heterocycles. The number of halogens is 1. The van der Waals surface area contributed by atoms with Crippen molar-refractivity contribution in [3.8, 4) is 22.6 Å². The van der Waals surface area contributed by atoms with Crippen molar-refractivity contribution < 1.29 is 9.53 Å². The van der Waals surface area contributed by atoms with Crippen LogP contribution in [0, 0.1) is 6.92 Å². The quantitative estimate of drug-likeness (QED) is 0.392. The molecule has 6 nitrogen and oxygen atoms in total. The number of carbonyl (C=O) groups excluding carboxylic acids is 1. The number of aromatic amines is 2. The Bertz CT molecular complexity index is 1270. The van der Waals surface area contributed by atoms with Gasteiger partial charge >= 0.3 is 0 Å². The Kier molecular flexibility index (Phi) is 5.14. The molecule has 0 saturated carbocycles. The van der Waals surface area contributed by atoms with Crippen molar-refractivity contribution in [2.24, 2.45) is 0 Å². The molecule has 3 heterocycles. The van der Waals surface area contributed by atoms with Crippen LogP contribution in [-0.2, 0) is 4.74 Å². The van der Waals surface area contributed by atoms with E-state index in [0.717, 1.165) is 52.2 Å². The van der Waals surface area contributed by atoms with Crippen molar-refractivity contribution in [3.63, 3.8) is 0 Å². The number of hydrogen-bond donors (Lipinski definition) is 3. The highest BCUT2D eigenvalue weighted by molar-refractivity contribution is 6.30.